The SMILES string of the molecule is N#CCCn1cc(/C=C/C(=O)OCC(=O)N2CCCC2=O)c2ccccc21. The number of hydrogen-bond acceptors (Lipinski definition) is 5. The van der Waals surface area contributed by atoms with Crippen molar-refractivity contribution in [3.05, 3.63) is 42.1 Å². The first-order valence-corrected chi connectivity index (χ1v) is 8.73. The van der Waals surface area contributed by atoms with Crippen molar-refractivity contribution in [2.24, 2.45) is 0 Å². The van der Waals surface area contributed by atoms with Crippen LogP contribution in [0.25, 0.3) is 17.0 Å². The minimum absolute atomic E-state index is 0.225. The van der Waals surface area contributed by atoms with Gasteiger partial charge in [0.05, 0.1) is 12.5 Å². The van der Waals surface area contributed by atoms with Gasteiger partial charge in [-0.25, -0.2) is 4.79 Å². The highest BCUT2D eigenvalue weighted by Crippen LogP contribution is 2.22. The number of fused-ring (bicyclic) bond motifs is 1. The van der Waals surface area contributed by atoms with Gasteiger partial charge >= 0.3 is 5.97 Å². The van der Waals surface area contributed by atoms with E-state index in [0.717, 1.165) is 21.4 Å². The topological polar surface area (TPSA) is 92.4 Å². The number of amides is 2. The molecule has 1 saturated heterocycles. The Labute approximate surface area is 156 Å². The number of imide groups is 1. The van der Waals surface area contributed by atoms with E-state index in [1.165, 1.54) is 6.08 Å². The van der Waals surface area contributed by atoms with Crippen molar-refractivity contribution in [2.75, 3.05) is 13.2 Å². The number of carbonyl (C=O) groups is 3. The molecule has 7 heteroatoms. The number of aromatic nitrogens is 1. The fourth-order valence-corrected chi connectivity index (χ4v) is 3.09. The van der Waals surface area contributed by atoms with Crippen molar-refractivity contribution in [1.82, 2.24) is 9.47 Å². The van der Waals surface area contributed by atoms with E-state index in [-0.39, 0.29) is 5.91 Å². The predicted octanol–water partition coefficient (Wildman–Crippen LogP) is 2.26. The monoisotopic (exact) mass is 365 g/mol. The van der Waals surface area contributed by atoms with Gasteiger partial charge in [-0.3, -0.25) is 14.5 Å². The number of hydrogen-bond donors (Lipinski definition) is 0. The molecule has 2 aromatic rings. The van der Waals surface area contributed by atoms with E-state index in [4.69, 9.17) is 10.00 Å². The number of esters is 1. The lowest BCUT2D eigenvalue weighted by molar-refractivity contribution is -0.151. The molecule has 0 unspecified atom stereocenters. The van der Waals surface area contributed by atoms with Crippen LogP contribution in [0, 0.1) is 11.3 Å². The van der Waals surface area contributed by atoms with Gasteiger partial charge in [0.2, 0.25) is 5.91 Å². The summed E-state index contributed by atoms with van der Waals surface area (Å²) in [5.41, 5.74) is 1.80. The Morgan fingerprint density at radius 2 is 2.11 bits per heavy atom. The van der Waals surface area contributed by atoms with Gasteiger partial charge in [0.15, 0.2) is 6.61 Å². The van der Waals surface area contributed by atoms with Gasteiger partial charge in [-0.05, 0) is 18.6 Å². The molecule has 0 saturated carbocycles. The molecule has 0 atom stereocenters. The number of nitriles is 1. The number of benzene rings is 1. The predicted molar refractivity (Wildman–Crippen MR) is 98.1 cm³/mol. The van der Waals surface area contributed by atoms with Crippen LogP contribution in [0.15, 0.2) is 36.5 Å². The summed E-state index contributed by atoms with van der Waals surface area (Å²) in [6.07, 6.45) is 6.15. The number of aryl methyl sites for hydroxylation is 1. The summed E-state index contributed by atoms with van der Waals surface area (Å²) in [5, 5.41) is 9.75. The quantitative estimate of drug-likeness (QED) is 0.578. The first-order chi connectivity index (χ1) is 13.1. The number of rotatable bonds is 6. The van der Waals surface area contributed by atoms with E-state index in [1.807, 2.05) is 35.0 Å². The van der Waals surface area contributed by atoms with Gasteiger partial charge in [-0.1, -0.05) is 18.2 Å². The standard InChI is InChI=1S/C20H19N3O4/c21-10-4-11-22-13-15(16-5-1-2-6-17(16)22)8-9-20(26)27-14-19(25)23-12-3-7-18(23)24/h1-2,5-6,8-9,13H,3-4,7,11-12,14H2/b9-8+. The number of para-hydroxylation sites is 1. The number of ether oxygens (including phenoxy) is 1. The third-order valence-electron chi connectivity index (χ3n) is 4.40. The molecule has 1 aromatic carbocycles. The highest BCUT2D eigenvalue weighted by molar-refractivity contribution is 5.99. The van der Waals surface area contributed by atoms with Gasteiger partial charge in [-0.2, -0.15) is 5.26 Å². The second-order valence-corrected chi connectivity index (χ2v) is 6.19. The molecule has 1 fully saturated rings. The fraction of sp³-hybridized carbons (Fsp3) is 0.300. The Bertz CT molecular complexity index is 952. The third kappa shape index (κ3) is 4.23. The molecule has 138 valence electrons. The molecule has 3 rings (SSSR count). The van der Waals surface area contributed by atoms with Crippen molar-refractivity contribution >= 4 is 34.8 Å². The van der Waals surface area contributed by atoms with Gasteiger partial charge in [0.1, 0.15) is 0 Å². The van der Waals surface area contributed by atoms with Gasteiger partial charge in [0.25, 0.3) is 5.91 Å². The Kier molecular flexibility index (Phi) is 5.67. The molecule has 1 aromatic heterocycles. The smallest absolute Gasteiger partial charge is 0.331 e. The van der Waals surface area contributed by atoms with E-state index in [1.54, 1.807) is 6.08 Å². The highest BCUT2D eigenvalue weighted by atomic mass is 16.5. The summed E-state index contributed by atoms with van der Waals surface area (Å²) in [6, 6.07) is 9.83. The molecule has 27 heavy (non-hydrogen) atoms. The zero-order chi connectivity index (χ0) is 19.2. The van der Waals surface area contributed by atoms with Crippen LogP contribution in [0.1, 0.15) is 24.8 Å². The van der Waals surface area contributed by atoms with E-state index >= 15 is 0 Å². The summed E-state index contributed by atoms with van der Waals surface area (Å²) in [5.74, 6) is -1.37. The molecular formula is C20H19N3O4. The van der Waals surface area contributed by atoms with Gasteiger partial charge in [-0.15, -0.1) is 0 Å². The minimum Gasteiger partial charge on any atom is -0.452 e. The van der Waals surface area contributed by atoms with Crippen molar-refractivity contribution in [2.45, 2.75) is 25.8 Å². The van der Waals surface area contributed by atoms with E-state index < -0.39 is 18.5 Å². The molecule has 0 spiro atoms. The summed E-state index contributed by atoms with van der Waals surface area (Å²) >= 11 is 0. The molecule has 2 amide bonds. The average molecular weight is 365 g/mol. The van der Waals surface area contributed by atoms with Crippen LogP contribution in [0.5, 0.6) is 0 Å². The molecule has 1 aliphatic rings. The van der Waals surface area contributed by atoms with Crippen molar-refractivity contribution in [3.8, 4) is 6.07 Å². The lowest BCUT2D eigenvalue weighted by Crippen LogP contribution is -2.35. The average Bonchev–Trinajstić information content (AvgIpc) is 3.26. The van der Waals surface area contributed by atoms with Crippen molar-refractivity contribution in [3.63, 3.8) is 0 Å². The normalized spacial score (nSPS) is 14.0. The van der Waals surface area contributed by atoms with Crippen molar-refractivity contribution < 1.29 is 19.1 Å². The van der Waals surface area contributed by atoms with Gasteiger partial charge < -0.3 is 9.30 Å². The van der Waals surface area contributed by atoms with Crippen LogP contribution >= 0.6 is 0 Å². The molecule has 0 N–H and O–H groups in total. The lowest BCUT2D eigenvalue weighted by Gasteiger charge is -2.12. The Balaban J connectivity index is 1.65. The maximum atomic E-state index is 11.9. The second-order valence-electron chi connectivity index (χ2n) is 6.19. The molecule has 0 bridgehead atoms. The number of nitrogens with zero attached hydrogens (tertiary/aromatic N) is 3. The van der Waals surface area contributed by atoms with E-state index in [2.05, 4.69) is 6.07 Å². The minimum atomic E-state index is -0.649. The Morgan fingerprint density at radius 1 is 1.30 bits per heavy atom. The molecule has 1 aliphatic heterocycles. The van der Waals surface area contributed by atoms with Crippen LogP contribution in [-0.2, 0) is 25.7 Å². The molecule has 0 radical (unpaired) electrons. The van der Waals surface area contributed by atoms with E-state index in [9.17, 15) is 14.4 Å². The van der Waals surface area contributed by atoms with Crippen LogP contribution in [0.3, 0.4) is 0 Å². The summed E-state index contributed by atoms with van der Waals surface area (Å²) in [6.45, 7) is 0.500. The Hall–Kier alpha value is -3.40. The zero-order valence-electron chi connectivity index (χ0n) is 14.8. The zero-order valence-corrected chi connectivity index (χ0v) is 14.8. The Morgan fingerprint density at radius 3 is 2.85 bits per heavy atom. The fourth-order valence-electron chi connectivity index (χ4n) is 3.09. The first kappa shape index (κ1) is 18.4. The lowest BCUT2D eigenvalue weighted by atomic mass is 10.1. The van der Waals surface area contributed by atoms with E-state index in [0.29, 0.717) is 32.4 Å². The first-order valence-electron chi connectivity index (χ1n) is 8.73. The van der Waals surface area contributed by atoms with Crippen LogP contribution in [0.4, 0.5) is 0 Å². The number of carbonyl (C=O) groups excluding carboxylic acids is 3. The van der Waals surface area contributed by atoms with Crippen LogP contribution in [-0.4, -0.2) is 40.4 Å². The van der Waals surface area contributed by atoms with Crippen molar-refractivity contribution in [1.29, 1.82) is 5.26 Å². The highest BCUT2D eigenvalue weighted by Gasteiger charge is 2.26. The molecular weight excluding hydrogens is 346 g/mol. The van der Waals surface area contributed by atoms with Gasteiger partial charge in [0, 0.05) is 48.2 Å². The summed E-state index contributed by atoms with van der Waals surface area (Å²) in [4.78, 5) is 36.4. The second kappa shape index (κ2) is 8.32. The molecule has 0 aliphatic carbocycles. The largest absolute Gasteiger partial charge is 0.452 e. The van der Waals surface area contributed by atoms with Crippen LogP contribution < -0.4 is 0 Å². The molecule has 7 nitrogen and oxygen atoms in total. The third-order valence-corrected chi connectivity index (χ3v) is 4.40. The molecule has 2 heterocycles. The number of likely N-dealkylation sites (tertiary alicyclic amines) is 1. The maximum Gasteiger partial charge on any atom is 0.331 e. The summed E-state index contributed by atoms with van der Waals surface area (Å²) in [7, 11) is 0. The summed E-state index contributed by atoms with van der Waals surface area (Å²) < 4.78 is 6.92. The maximum absolute atomic E-state index is 11.9. The van der Waals surface area contributed by atoms with Crippen LogP contribution in [0.2, 0.25) is 0 Å².